The van der Waals surface area contributed by atoms with Gasteiger partial charge in [0.05, 0.1) is 36.0 Å². The van der Waals surface area contributed by atoms with E-state index >= 15 is 0 Å². The third-order valence-electron chi connectivity index (χ3n) is 4.96. The molecular weight excluding hydrogens is 457 g/mol. The summed E-state index contributed by atoms with van der Waals surface area (Å²) in [5.41, 5.74) is 0.740. The van der Waals surface area contributed by atoms with Crippen LogP contribution >= 0.6 is 35.3 Å². The molecule has 1 aliphatic heterocycles. The average Bonchev–Trinajstić information content (AvgIpc) is 3.21. The van der Waals surface area contributed by atoms with Crippen molar-refractivity contribution in [2.24, 2.45) is 0 Å². The van der Waals surface area contributed by atoms with Crippen LogP contribution in [0.3, 0.4) is 0 Å². The van der Waals surface area contributed by atoms with Gasteiger partial charge >= 0.3 is 0 Å². The lowest BCUT2D eigenvalue weighted by Gasteiger charge is -2.29. The zero-order chi connectivity index (χ0) is 20.8. The summed E-state index contributed by atoms with van der Waals surface area (Å²) in [6.07, 6.45) is 0.279. The first-order valence-corrected chi connectivity index (χ1v) is 11.2. The van der Waals surface area contributed by atoms with E-state index in [-0.39, 0.29) is 24.7 Å². The molecule has 1 saturated heterocycles. The molecule has 4 rings (SSSR count). The van der Waals surface area contributed by atoms with E-state index in [1.807, 2.05) is 48.5 Å². The Bertz CT molecular complexity index is 981. The van der Waals surface area contributed by atoms with Crippen LogP contribution in [0.25, 0.3) is 10.2 Å². The van der Waals surface area contributed by atoms with Crippen LogP contribution in [0.15, 0.2) is 48.5 Å². The topological polar surface area (TPSA) is 54.9 Å². The van der Waals surface area contributed by atoms with Gasteiger partial charge in [-0.05, 0) is 24.3 Å². The fraction of sp³-hybridized carbons (Fsp3) is 0.364. The number of aromatic nitrogens is 1. The van der Waals surface area contributed by atoms with Crippen LogP contribution in [0.4, 0.5) is 5.13 Å². The van der Waals surface area contributed by atoms with Crippen molar-refractivity contribution in [1.82, 2.24) is 9.88 Å². The summed E-state index contributed by atoms with van der Waals surface area (Å²) in [5, 5.41) is 1.28. The molecule has 0 aliphatic carbocycles. The Balaban J connectivity index is 0.00000272. The molecule has 0 saturated carbocycles. The number of thiazole rings is 1. The van der Waals surface area contributed by atoms with E-state index in [1.54, 1.807) is 4.90 Å². The van der Waals surface area contributed by atoms with Crippen LogP contribution in [-0.2, 0) is 9.53 Å². The second-order valence-electron chi connectivity index (χ2n) is 6.99. The highest BCUT2D eigenvalue weighted by molar-refractivity contribution is 7.22. The number of hydrogen-bond donors (Lipinski definition) is 0. The van der Waals surface area contributed by atoms with Gasteiger partial charge in [0.25, 0.3) is 0 Å². The molecular formula is C22H25Cl2N3O3S. The van der Waals surface area contributed by atoms with Crippen molar-refractivity contribution in [3.8, 4) is 5.75 Å². The highest BCUT2D eigenvalue weighted by Crippen LogP contribution is 2.33. The van der Waals surface area contributed by atoms with Crippen LogP contribution in [-0.4, -0.2) is 61.8 Å². The van der Waals surface area contributed by atoms with Crippen molar-refractivity contribution in [1.29, 1.82) is 0 Å². The predicted octanol–water partition coefficient (Wildman–Crippen LogP) is 4.51. The van der Waals surface area contributed by atoms with Crippen molar-refractivity contribution < 1.29 is 14.3 Å². The Morgan fingerprint density at radius 2 is 1.94 bits per heavy atom. The predicted molar refractivity (Wildman–Crippen MR) is 128 cm³/mol. The Labute approximate surface area is 197 Å². The molecule has 1 aliphatic rings. The van der Waals surface area contributed by atoms with Crippen LogP contribution in [0, 0.1) is 0 Å². The number of halogens is 2. The smallest absolute Gasteiger partial charge is 0.232 e. The molecule has 9 heteroatoms. The Morgan fingerprint density at radius 1 is 1.16 bits per heavy atom. The number of amides is 1. The number of ether oxygens (including phenoxy) is 2. The number of hydrogen-bond acceptors (Lipinski definition) is 6. The summed E-state index contributed by atoms with van der Waals surface area (Å²) in [7, 11) is 0. The summed E-state index contributed by atoms with van der Waals surface area (Å²) in [6.45, 7) is 4.89. The van der Waals surface area contributed by atoms with E-state index in [4.69, 9.17) is 21.1 Å². The maximum Gasteiger partial charge on any atom is 0.232 e. The molecule has 1 fully saturated rings. The molecule has 2 heterocycles. The van der Waals surface area contributed by atoms with Crippen molar-refractivity contribution in [3.63, 3.8) is 0 Å². The zero-order valence-electron chi connectivity index (χ0n) is 17.0. The molecule has 1 amide bonds. The number of benzene rings is 2. The second-order valence-corrected chi connectivity index (χ2v) is 8.41. The number of para-hydroxylation sites is 2. The van der Waals surface area contributed by atoms with Crippen molar-refractivity contribution in [2.45, 2.75) is 6.42 Å². The molecule has 0 N–H and O–H groups in total. The minimum Gasteiger partial charge on any atom is -0.493 e. The minimum atomic E-state index is -0.00521. The highest BCUT2D eigenvalue weighted by atomic mass is 35.5. The van der Waals surface area contributed by atoms with E-state index in [2.05, 4.69) is 9.88 Å². The molecule has 166 valence electrons. The van der Waals surface area contributed by atoms with Gasteiger partial charge in [0.2, 0.25) is 5.91 Å². The summed E-state index contributed by atoms with van der Waals surface area (Å²) < 4.78 is 12.1. The van der Waals surface area contributed by atoms with Gasteiger partial charge in [-0.15, -0.1) is 12.4 Å². The van der Waals surface area contributed by atoms with E-state index < -0.39 is 0 Å². The molecule has 3 aromatic rings. The lowest BCUT2D eigenvalue weighted by molar-refractivity contribution is -0.119. The number of carbonyl (C=O) groups excluding carboxylic acids is 1. The van der Waals surface area contributed by atoms with Crippen LogP contribution in [0.5, 0.6) is 5.75 Å². The van der Waals surface area contributed by atoms with Gasteiger partial charge in [0, 0.05) is 26.2 Å². The Morgan fingerprint density at radius 3 is 2.68 bits per heavy atom. The molecule has 0 bridgehead atoms. The second kappa shape index (κ2) is 11.6. The van der Waals surface area contributed by atoms with Gasteiger partial charge in [0.15, 0.2) is 5.13 Å². The maximum atomic E-state index is 13.1. The van der Waals surface area contributed by atoms with Gasteiger partial charge in [-0.25, -0.2) is 4.98 Å². The van der Waals surface area contributed by atoms with E-state index in [9.17, 15) is 4.79 Å². The summed E-state index contributed by atoms with van der Waals surface area (Å²) in [5.74, 6) is 0.756. The van der Waals surface area contributed by atoms with Crippen LogP contribution in [0.2, 0.25) is 5.02 Å². The first-order valence-electron chi connectivity index (χ1n) is 10.0. The molecule has 2 aromatic carbocycles. The fourth-order valence-corrected chi connectivity index (χ4v) is 4.63. The molecule has 0 unspecified atom stereocenters. The van der Waals surface area contributed by atoms with Crippen LogP contribution in [0.1, 0.15) is 6.42 Å². The summed E-state index contributed by atoms with van der Waals surface area (Å²) >= 11 is 7.79. The van der Waals surface area contributed by atoms with Gasteiger partial charge in [-0.2, -0.15) is 0 Å². The first kappa shape index (κ1) is 23.8. The monoisotopic (exact) mass is 481 g/mol. The summed E-state index contributed by atoms with van der Waals surface area (Å²) in [4.78, 5) is 21.9. The van der Waals surface area contributed by atoms with E-state index in [1.165, 1.54) is 11.3 Å². The quantitative estimate of drug-likeness (QED) is 0.473. The molecule has 1 aromatic heterocycles. The number of fused-ring (bicyclic) bond motifs is 1. The standard InChI is InChI=1S/C22H24ClN3O3S.ClH/c23-18-7-4-8-19-21(18)24-22(30-19)26(11-10-25-12-15-28-16-13-25)20(27)9-14-29-17-5-2-1-3-6-17;/h1-8H,9-16H2;1H. The molecule has 0 spiro atoms. The van der Waals surface area contributed by atoms with E-state index in [0.29, 0.717) is 23.3 Å². The molecule has 0 radical (unpaired) electrons. The van der Waals surface area contributed by atoms with E-state index in [0.717, 1.165) is 48.8 Å². The van der Waals surface area contributed by atoms with Gasteiger partial charge in [-0.3, -0.25) is 14.6 Å². The molecule has 0 atom stereocenters. The normalized spacial score (nSPS) is 14.2. The molecule has 31 heavy (non-hydrogen) atoms. The van der Waals surface area contributed by atoms with Crippen molar-refractivity contribution in [3.05, 3.63) is 53.6 Å². The SMILES string of the molecule is Cl.O=C(CCOc1ccccc1)N(CCN1CCOCC1)c1nc2c(Cl)cccc2s1. The minimum absolute atomic E-state index is 0. The third kappa shape index (κ3) is 6.30. The fourth-order valence-electron chi connectivity index (χ4n) is 3.32. The largest absolute Gasteiger partial charge is 0.493 e. The number of nitrogens with zero attached hydrogens (tertiary/aromatic N) is 3. The van der Waals surface area contributed by atoms with Crippen molar-refractivity contribution >= 4 is 56.6 Å². The highest BCUT2D eigenvalue weighted by Gasteiger charge is 2.22. The average molecular weight is 482 g/mol. The van der Waals surface area contributed by atoms with Crippen LogP contribution < -0.4 is 9.64 Å². The van der Waals surface area contributed by atoms with Gasteiger partial charge in [-0.1, -0.05) is 47.2 Å². The van der Waals surface area contributed by atoms with Crippen molar-refractivity contribution in [2.75, 3.05) is 50.9 Å². The van der Waals surface area contributed by atoms with Gasteiger partial charge in [0.1, 0.15) is 11.3 Å². The zero-order valence-corrected chi connectivity index (χ0v) is 19.4. The lowest BCUT2D eigenvalue weighted by atomic mass is 10.3. The number of anilines is 1. The Hall–Kier alpha value is -1.90. The van der Waals surface area contributed by atoms with Gasteiger partial charge < -0.3 is 9.47 Å². The third-order valence-corrected chi connectivity index (χ3v) is 6.31. The first-order chi connectivity index (χ1) is 14.7. The molecule has 6 nitrogen and oxygen atoms in total. The Kier molecular flexibility index (Phi) is 8.92. The lowest BCUT2D eigenvalue weighted by Crippen LogP contribution is -2.43. The number of rotatable bonds is 8. The number of morpholine rings is 1. The summed E-state index contributed by atoms with van der Waals surface area (Å²) in [6, 6.07) is 15.2. The number of carbonyl (C=O) groups is 1. The maximum absolute atomic E-state index is 13.1.